The quantitative estimate of drug-likeness (QED) is 0.741. The van der Waals surface area contributed by atoms with E-state index in [0.29, 0.717) is 16.7 Å². The van der Waals surface area contributed by atoms with Crippen LogP contribution in [0.1, 0.15) is 13.8 Å². The fourth-order valence-corrected chi connectivity index (χ4v) is 1.52. The van der Waals surface area contributed by atoms with E-state index in [0.717, 1.165) is 26.2 Å². The molecule has 1 heterocycles. The number of hydrogen-bond acceptors (Lipinski definition) is 5. The first-order valence-corrected chi connectivity index (χ1v) is 5.79. The fourth-order valence-electron chi connectivity index (χ4n) is 1.39. The topological polar surface area (TPSA) is 67.1 Å². The highest BCUT2D eigenvalue weighted by atomic mass is 35.5. The van der Waals surface area contributed by atoms with E-state index < -0.39 is 0 Å². The lowest BCUT2D eigenvalue weighted by atomic mass is 10.4. The molecule has 0 saturated heterocycles. The molecule has 90 valence electrons. The van der Waals surface area contributed by atoms with Crippen LogP contribution in [0, 0.1) is 0 Å². The molecule has 0 radical (unpaired) electrons. The highest BCUT2D eigenvalue weighted by Crippen LogP contribution is 2.21. The molecule has 0 atom stereocenters. The monoisotopic (exact) mass is 243 g/mol. The summed E-state index contributed by atoms with van der Waals surface area (Å²) in [7, 11) is 0. The smallest absolute Gasteiger partial charge is 0.157 e. The van der Waals surface area contributed by atoms with E-state index in [-0.39, 0.29) is 0 Å². The first kappa shape index (κ1) is 13.0. The second kappa shape index (κ2) is 6.50. The van der Waals surface area contributed by atoms with Gasteiger partial charge in [-0.2, -0.15) is 0 Å². The van der Waals surface area contributed by atoms with Crippen molar-refractivity contribution in [2.45, 2.75) is 13.8 Å². The molecule has 3 N–H and O–H groups in total. The van der Waals surface area contributed by atoms with Crippen molar-refractivity contribution >= 4 is 23.1 Å². The number of halogens is 1. The van der Waals surface area contributed by atoms with E-state index in [1.807, 2.05) is 0 Å². The maximum atomic E-state index is 5.78. The molecule has 0 aliphatic carbocycles. The largest absolute Gasteiger partial charge is 0.393 e. The molecule has 1 aromatic heterocycles. The molecule has 5 nitrogen and oxygen atoms in total. The van der Waals surface area contributed by atoms with Crippen molar-refractivity contribution in [3.63, 3.8) is 0 Å². The molecular weight excluding hydrogens is 226 g/mol. The standard InChI is InChI=1S/C10H18ClN5/c1-3-16(4-2)6-5-13-10-8(12)9(11)14-7-15-10/h7H,3-6,12H2,1-2H3,(H,13,14,15). The Labute approximate surface area is 101 Å². The normalized spacial score (nSPS) is 10.8. The zero-order valence-corrected chi connectivity index (χ0v) is 10.5. The Hall–Kier alpha value is -1.07. The number of nitrogen functional groups attached to an aromatic ring is 1. The highest BCUT2D eigenvalue weighted by molar-refractivity contribution is 6.32. The second-order valence-corrected chi connectivity index (χ2v) is 3.74. The van der Waals surface area contributed by atoms with Crippen molar-refractivity contribution in [2.24, 2.45) is 0 Å². The van der Waals surface area contributed by atoms with Gasteiger partial charge in [-0.1, -0.05) is 25.4 Å². The number of rotatable bonds is 6. The SMILES string of the molecule is CCN(CC)CCNc1ncnc(Cl)c1N. The summed E-state index contributed by atoms with van der Waals surface area (Å²) in [5.41, 5.74) is 6.14. The number of anilines is 2. The number of likely N-dealkylation sites (N-methyl/N-ethyl adjacent to an activating group) is 1. The highest BCUT2D eigenvalue weighted by Gasteiger charge is 2.05. The molecule has 0 saturated carbocycles. The Morgan fingerprint density at radius 1 is 1.38 bits per heavy atom. The molecule has 1 aromatic rings. The third kappa shape index (κ3) is 3.50. The van der Waals surface area contributed by atoms with Crippen LogP contribution >= 0.6 is 11.6 Å². The fraction of sp³-hybridized carbons (Fsp3) is 0.600. The molecule has 0 aliphatic heterocycles. The van der Waals surface area contributed by atoms with Crippen LogP contribution in [-0.2, 0) is 0 Å². The molecule has 0 aliphatic rings. The lowest BCUT2D eigenvalue weighted by Gasteiger charge is -2.18. The zero-order valence-electron chi connectivity index (χ0n) is 9.70. The van der Waals surface area contributed by atoms with Crippen LogP contribution in [0.2, 0.25) is 5.15 Å². The van der Waals surface area contributed by atoms with E-state index in [1.165, 1.54) is 6.33 Å². The summed E-state index contributed by atoms with van der Waals surface area (Å²) in [6, 6.07) is 0. The van der Waals surface area contributed by atoms with Gasteiger partial charge >= 0.3 is 0 Å². The average molecular weight is 244 g/mol. The van der Waals surface area contributed by atoms with Gasteiger partial charge in [-0.25, -0.2) is 9.97 Å². The van der Waals surface area contributed by atoms with Crippen molar-refractivity contribution < 1.29 is 0 Å². The maximum Gasteiger partial charge on any atom is 0.157 e. The van der Waals surface area contributed by atoms with Crippen molar-refractivity contribution in [1.29, 1.82) is 0 Å². The average Bonchev–Trinajstić information content (AvgIpc) is 2.30. The van der Waals surface area contributed by atoms with Crippen LogP contribution in [0.5, 0.6) is 0 Å². The summed E-state index contributed by atoms with van der Waals surface area (Å²) in [5.74, 6) is 0.604. The van der Waals surface area contributed by atoms with Crippen LogP contribution in [0.15, 0.2) is 6.33 Å². The Morgan fingerprint density at radius 2 is 2.06 bits per heavy atom. The third-order valence-electron chi connectivity index (χ3n) is 2.45. The van der Waals surface area contributed by atoms with Gasteiger partial charge in [0.1, 0.15) is 12.0 Å². The minimum absolute atomic E-state index is 0.292. The van der Waals surface area contributed by atoms with E-state index in [2.05, 4.69) is 34.0 Å². The molecule has 16 heavy (non-hydrogen) atoms. The molecule has 0 spiro atoms. The number of nitrogens with one attached hydrogen (secondary N) is 1. The van der Waals surface area contributed by atoms with Crippen LogP contribution < -0.4 is 11.1 Å². The lowest BCUT2D eigenvalue weighted by Crippen LogP contribution is -2.28. The van der Waals surface area contributed by atoms with Crippen molar-refractivity contribution in [3.8, 4) is 0 Å². The van der Waals surface area contributed by atoms with Crippen LogP contribution in [0.4, 0.5) is 11.5 Å². The summed E-state index contributed by atoms with van der Waals surface area (Å²) >= 11 is 5.78. The van der Waals surface area contributed by atoms with E-state index >= 15 is 0 Å². The van der Waals surface area contributed by atoms with E-state index in [4.69, 9.17) is 17.3 Å². The summed E-state index contributed by atoms with van der Waals surface area (Å²) in [6.45, 7) is 8.10. The summed E-state index contributed by atoms with van der Waals surface area (Å²) < 4.78 is 0. The van der Waals surface area contributed by atoms with Gasteiger partial charge in [-0.15, -0.1) is 0 Å². The van der Waals surface area contributed by atoms with Gasteiger partial charge < -0.3 is 16.0 Å². The Kier molecular flexibility index (Phi) is 5.28. The number of nitrogens with two attached hydrogens (primary N) is 1. The minimum atomic E-state index is 0.292. The Morgan fingerprint density at radius 3 is 2.69 bits per heavy atom. The Balaban J connectivity index is 2.46. The predicted octanol–water partition coefficient (Wildman–Crippen LogP) is 1.47. The van der Waals surface area contributed by atoms with Crippen LogP contribution in [0.25, 0.3) is 0 Å². The third-order valence-corrected chi connectivity index (χ3v) is 2.75. The van der Waals surface area contributed by atoms with Gasteiger partial charge in [0.05, 0.1) is 0 Å². The number of hydrogen-bond donors (Lipinski definition) is 2. The first-order valence-electron chi connectivity index (χ1n) is 5.41. The van der Waals surface area contributed by atoms with Gasteiger partial charge in [-0.05, 0) is 13.1 Å². The van der Waals surface area contributed by atoms with Gasteiger partial charge in [0.15, 0.2) is 11.0 Å². The molecular formula is C10H18ClN5. The van der Waals surface area contributed by atoms with Gasteiger partial charge in [0, 0.05) is 13.1 Å². The predicted molar refractivity (Wildman–Crippen MR) is 67.7 cm³/mol. The molecule has 6 heteroatoms. The summed E-state index contributed by atoms with van der Waals surface area (Å²) in [6.07, 6.45) is 1.40. The van der Waals surface area contributed by atoms with Gasteiger partial charge in [0.2, 0.25) is 0 Å². The zero-order chi connectivity index (χ0) is 12.0. The maximum absolute atomic E-state index is 5.78. The van der Waals surface area contributed by atoms with Gasteiger partial charge in [0.25, 0.3) is 0 Å². The Bertz CT molecular complexity index is 327. The molecule has 0 aromatic carbocycles. The molecule has 0 unspecified atom stereocenters. The molecule has 1 rings (SSSR count). The van der Waals surface area contributed by atoms with Crippen LogP contribution in [0.3, 0.4) is 0 Å². The number of aromatic nitrogens is 2. The van der Waals surface area contributed by atoms with Crippen molar-refractivity contribution in [3.05, 3.63) is 11.5 Å². The minimum Gasteiger partial charge on any atom is -0.393 e. The molecule has 0 fully saturated rings. The van der Waals surface area contributed by atoms with Crippen molar-refractivity contribution in [2.75, 3.05) is 37.2 Å². The summed E-state index contributed by atoms with van der Waals surface area (Å²) in [4.78, 5) is 10.1. The number of nitrogens with zero attached hydrogens (tertiary/aromatic N) is 3. The van der Waals surface area contributed by atoms with E-state index in [9.17, 15) is 0 Å². The van der Waals surface area contributed by atoms with Crippen molar-refractivity contribution in [1.82, 2.24) is 14.9 Å². The molecule has 0 bridgehead atoms. The second-order valence-electron chi connectivity index (χ2n) is 3.38. The summed E-state index contributed by atoms with van der Waals surface area (Å²) in [5, 5.41) is 3.44. The van der Waals surface area contributed by atoms with Gasteiger partial charge in [-0.3, -0.25) is 0 Å². The molecule has 0 amide bonds. The lowest BCUT2D eigenvalue weighted by molar-refractivity contribution is 0.316. The van der Waals surface area contributed by atoms with Crippen LogP contribution in [-0.4, -0.2) is 41.0 Å². The first-order chi connectivity index (χ1) is 7.69. The van der Waals surface area contributed by atoms with E-state index in [1.54, 1.807) is 0 Å².